The molecule has 140 valence electrons. The number of carbonyl (C=O) groups is 3. The molecule has 2 heterocycles. The Morgan fingerprint density at radius 2 is 1.67 bits per heavy atom. The number of fused-ring (bicyclic) bond motifs is 1. The van der Waals surface area contributed by atoms with Crippen molar-refractivity contribution in [3.05, 3.63) is 36.5 Å². The number of piperazine rings is 1. The first-order valence-corrected chi connectivity index (χ1v) is 9.21. The number of benzene rings is 1. The molecule has 3 amide bonds. The van der Waals surface area contributed by atoms with E-state index < -0.39 is 5.41 Å². The van der Waals surface area contributed by atoms with Gasteiger partial charge < -0.3 is 15.1 Å². The second-order valence-electron chi connectivity index (χ2n) is 7.22. The van der Waals surface area contributed by atoms with E-state index >= 15 is 0 Å². The van der Waals surface area contributed by atoms with E-state index in [1.54, 1.807) is 22.1 Å². The molecule has 2 aliphatic rings. The first-order chi connectivity index (χ1) is 13.0. The highest BCUT2D eigenvalue weighted by Gasteiger charge is 2.58. The van der Waals surface area contributed by atoms with E-state index in [0.717, 1.165) is 5.39 Å². The number of carbonyl (C=O) groups excluding carboxylic acids is 3. The van der Waals surface area contributed by atoms with Crippen molar-refractivity contribution in [2.24, 2.45) is 5.41 Å². The van der Waals surface area contributed by atoms with Crippen LogP contribution >= 0.6 is 0 Å². The first kappa shape index (κ1) is 17.5. The topological polar surface area (TPSA) is 82.6 Å². The van der Waals surface area contributed by atoms with E-state index in [4.69, 9.17) is 0 Å². The highest BCUT2D eigenvalue weighted by atomic mass is 16.2. The van der Waals surface area contributed by atoms with Crippen molar-refractivity contribution in [2.45, 2.75) is 19.8 Å². The summed E-state index contributed by atoms with van der Waals surface area (Å²) in [4.78, 5) is 45.2. The van der Waals surface area contributed by atoms with E-state index in [0.29, 0.717) is 50.2 Å². The predicted molar refractivity (Wildman–Crippen MR) is 101 cm³/mol. The molecule has 2 aromatic rings. The summed E-state index contributed by atoms with van der Waals surface area (Å²) in [5, 5.41) is 3.86. The van der Waals surface area contributed by atoms with Crippen LogP contribution in [0.25, 0.3) is 10.9 Å². The smallest absolute Gasteiger partial charge is 0.240 e. The maximum Gasteiger partial charge on any atom is 0.240 e. The fourth-order valence-electron chi connectivity index (χ4n) is 3.64. The van der Waals surface area contributed by atoms with Crippen molar-refractivity contribution < 1.29 is 14.4 Å². The summed E-state index contributed by atoms with van der Waals surface area (Å²) in [5.41, 5.74) is 0.361. The zero-order chi connectivity index (χ0) is 19.0. The Bertz CT molecular complexity index is 909. The fraction of sp³-hybridized carbons (Fsp3) is 0.400. The summed E-state index contributed by atoms with van der Waals surface area (Å²) in [6.45, 7) is 3.52. The third kappa shape index (κ3) is 3.13. The van der Waals surface area contributed by atoms with Crippen LogP contribution in [0.5, 0.6) is 0 Å². The lowest BCUT2D eigenvalue weighted by Crippen LogP contribution is -2.53. The van der Waals surface area contributed by atoms with Gasteiger partial charge in [0.25, 0.3) is 0 Å². The molecule has 0 atom stereocenters. The third-order valence-electron chi connectivity index (χ3n) is 5.49. The summed E-state index contributed by atoms with van der Waals surface area (Å²) >= 11 is 0. The van der Waals surface area contributed by atoms with Gasteiger partial charge in [-0.05, 0) is 25.0 Å². The molecule has 0 spiro atoms. The second-order valence-corrected chi connectivity index (χ2v) is 7.22. The number of rotatable bonds is 3. The highest BCUT2D eigenvalue weighted by molar-refractivity contribution is 6.14. The Balaban J connectivity index is 1.48. The van der Waals surface area contributed by atoms with Gasteiger partial charge in [0.05, 0.1) is 11.2 Å². The lowest BCUT2D eigenvalue weighted by Gasteiger charge is -2.35. The number of hydrogen-bond donors (Lipinski definition) is 1. The molecule has 1 aliphatic carbocycles. The van der Waals surface area contributed by atoms with Gasteiger partial charge in [-0.15, -0.1) is 0 Å². The van der Waals surface area contributed by atoms with E-state index in [1.807, 2.05) is 24.3 Å². The first-order valence-electron chi connectivity index (χ1n) is 9.21. The molecule has 7 heteroatoms. The molecule has 7 nitrogen and oxygen atoms in total. The number of nitrogens with zero attached hydrogens (tertiary/aromatic N) is 3. The Morgan fingerprint density at radius 3 is 2.33 bits per heavy atom. The van der Waals surface area contributed by atoms with Crippen LogP contribution in [0.3, 0.4) is 0 Å². The molecular formula is C20H22N4O3. The van der Waals surface area contributed by atoms with Gasteiger partial charge in [-0.1, -0.05) is 18.2 Å². The predicted octanol–water partition coefficient (Wildman–Crippen LogP) is 1.64. The van der Waals surface area contributed by atoms with Crippen molar-refractivity contribution in [3.63, 3.8) is 0 Å². The summed E-state index contributed by atoms with van der Waals surface area (Å²) in [5.74, 6) is -0.375. The minimum atomic E-state index is -0.977. The van der Waals surface area contributed by atoms with Crippen LogP contribution in [0, 0.1) is 5.41 Å². The van der Waals surface area contributed by atoms with Gasteiger partial charge in [0.15, 0.2) is 0 Å². The van der Waals surface area contributed by atoms with Crippen LogP contribution in [0.1, 0.15) is 19.8 Å². The third-order valence-corrected chi connectivity index (χ3v) is 5.49. The van der Waals surface area contributed by atoms with E-state index in [1.165, 1.54) is 6.92 Å². The number of pyridine rings is 1. The summed E-state index contributed by atoms with van der Waals surface area (Å²) in [6, 6.07) is 9.39. The largest absolute Gasteiger partial charge is 0.339 e. The van der Waals surface area contributed by atoms with Crippen LogP contribution in [0.15, 0.2) is 36.5 Å². The molecule has 1 N–H and O–H groups in total. The van der Waals surface area contributed by atoms with Crippen LogP contribution in [0.4, 0.5) is 5.69 Å². The van der Waals surface area contributed by atoms with E-state index in [9.17, 15) is 14.4 Å². The van der Waals surface area contributed by atoms with Crippen LogP contribution in [-0.4, -0.2) is 58.7 Å². The normalized spacial score (nSPS) is 18.3. The number of para-hydroxylation sites is 1. The van der Waals surface area contributed by atoms with Crippen LogP contribution in [0.2, 0.25) is 0 Å². The summed E-state index contributed by atoms with van der Waals surface area (Å²) < 4.78 is 0. The van der Waals surface area contributed by atoms with Crippen LogP contribution < -0.4 is 5.32 Å². The highest BCUT2D eigenvalue weighted by Crippen LogP contribution is 2.48. The molecular weight excluding hydrogens is 344 g/mol. The van der Waals surface area contributed by atoms with E-state index in [2.05, 4.69) is 10.3 Å². The quantitative estimate of drug-likeness (QED) is 0.838. The molecule has 4 rings (SSSR count). The van der Waals surface area contributed by atoms with Crippen molar-refractivity contribution in [1.29, 1.82) is 0 Å². The Hall–Kier alpha value is -2.96. The van der Waals surface area contributed by atoms with Crippen molar-refractivity contribution in [3.8, 4) is 0 Å². The molecule has 0 unspecified atom stereocenters. The molecule has 1 saturated carbocycles. The van der Waals surface area contributed by atoms with Gasteiger partial charge in [-0.25, -0.2) is 0 Å². The SMILES string of the molecule is CC(=O)N1CCN(C(=O)C2(C(=O)Nc3cccc4cccnc34)CC2)CC1. The maximum atomic E-state index is 13.0. The number of nitrogens with one attached hydrogen (secondary N) is 1. The van der Waals surface area contributed by atoms with Gasteiger partial charge in [0, 0.05) is 44.7 Å². The maximum absolute atomic E-state index is 13.0. The molecule has 0 bridgehead atoms. The lowest BCUT2D eigenvalue weighted by molar-refractivity contribution is -0.146. The molecule has 1 aliphatic heterocycles. The number of anilines is 1. The van der Waals surface area contributed by atoms with Crippen molar-refractivity contribution in [1.82, 2.24) is 14.8 Å². The summed E-state index contributed by atoms with van der Waals surface area (Å²) in [6.07, 6.45) is 2.80. The average Bonchev–Trinajstić information content (AvgIpc) is 3.50. The van der Waals surface area contributed by atoms with Crippen molar-refractivity contribution in [2.75, 3.05) is 31.5 Å². The number of amides is 3. The zero-order valence-electron chi connectivity index (χ0n) is 15.3. The van der Waals surface area contributed by atoms with E-state index in [-0.39, 0.29) is 17.7 Å². The lowest BCUT2D eigenvalue weighted by atomic mass is 10.0. The molecule has 1 saturated heterocycles. The Labute approximate surface area is 157 Å². The minimum Gasteiger partial charge on any atom is -0.339 e. The standard InChI is InChI=1S/C20H22N4O3/c1-14(25)23-10-12-24(13-11-23)19(27)20(7-8-20)18(26)22-16-6-2-4-15-5-3-9-21-17(15)16/h2-6,9H,7-8,10-13H2,1H3,(H,22,26). The monoisotopic (exact) mass is 366 g/mol. The minimum absolute atomic E-state index is 0.0180. The molecule has 1 aromatic carbocycles. The zero-order valence-corrected chi connectivity index (χ0v) is 15.3. The molecule has 2 fully saturated rings. The number of aromatic nitrogens is 1. The second kappa shape index (κ2) is 6.64. The molecule has 27 heavy (non-hydrogen) atoms. The van der Waals surface area contributed by atoms with Gasteiger partial charge in [-0.2, -0.15) is 0 Å². The average molecular weight is 366 g/mol. The van der Waals surface area contributed by atoms with Gasteiger partial charge in [0.1, 0.15) is 5.41 Å². The molecule has 0 radical (unpaired) electrons. The molecule has 1 aromatic heterocycles. The number of hydrogen-bond acceptors (Lipinski definition) is 4. The fourth-order valence-corrected chi connectivity index (χ4v) is 3.64. The summed E-state index contributed by atoms with van der Waals surface area (Å²) in [7, 11) is 0. The Morgan fingerprint density at radius 1 is 1.00 bits per heavy atom. The van der Waals surface area contributed by atoms with Gasteiger partial charge >= 0.3 is 0 Å². The van der Waals surface area contributed by atoms with Crippen LogP contribution in [-0.2, 0) is 14.4 Å². The van der Waals surface area contributed by atoms with Gasteiger partial charge in [-0.3, -0.25) is 19.4 Å². The van der Waals surface area contributed by atoms with Crippen molar-refractivity contribution >= 4 is 34.3 Å². The van der Waals surface area contributed by atoms with Gasteiger partial charge in [0.2, 0.25) is 17.7 Å². The Kier molecular flexibility index (Phi) is 4.30.